The van der Waals surface area contributed by atoms with Crippen LogP contribution in [-0.4, -0.2) is 37.4 Å². The molecule has 0 spiro atoms. The minimum absolute atomic E-state index is 0.165. The molecule has 0 saturated heterocycles. The smallest absolute Gasteiger partial charge is 0.183 e. The van der Waals surface area contributed by atoms with Gasteiger partial charge in [-0.15, -0.1) is 0 Å². The molecule has 0 aliphatic heterocycles. The minimum atomic E-state index is -0.561. The first kappa shape index (κ1) is 19.2. The summed E-state index contributed by atoms with van der Waals surface area (Å²) in [6.07, 6.45) is 1.44. The van der Waals surface area contributed by atoms with E-state index in [-0.39, 0.29) is 5.78 Å². The summed E-state index contributed by atoms with van der Waals surface area (Å²) in [7, 11) is 5.66. The molecule has 3 heteroatoms. The molecule has 1 unspecified atom stereocenters. The molecule has 2 aromatic rings. The summed E-state index contributed by atoms with van der Waals surface area (Å²) in [6.45, 7) is 6.07. The largest absolute Gasteiger partial charge is 0.496 e. The van der Waals surface area contributed by atoms with E-state index in [4.69, 9.17) is 4.74 Å². The predicted octanol–water partition coefficient (Wildman–Crippen LogP) is 4.45. The molecule has 0 aliphatic carbocycles. The van der Waals surface area contributed by atoms with Gasteiger partial charge in [0.1, 0.15) is 5.75 Å². The third-order valence-corrected chi connectivity index (χ3v) is 5.13. The first-order valence-corrected chi connectivity index (χ1v) is 8.77. The lowest BCUT2D eigenvalue weighted by Gasteiger charge is -2.38. The van der Waals surface area contributed by atoms with E-state index in [0.29, 0.717) is 6.42 Å². The molecule has 134 valence electrons. The summed E-state index contributed by atoms with van der Waals surface area (Å²) in [4.78, 5) is 15.6. The molecule has 1 atom stereocenters. The van der Waals surface area contributed by atoms with Gasteiger partial charge in [-0.1, -0.05) is 37.3 Å². The van der Waals surface area contributed by atoms with Crippen molar-refractivity contribution in [2.24, 2.45) is 0 Å². The van der Waals surface area contributed by atoms with Crippen molar-refractivity contribution in [2.75, 3.05) is 21.2 Å². The van der Waals surface area contributed by atoms with Gasteiger partial charge in [-0.05, 0) is 69.6 Å². The lowest BCUT2D eigenvalue weighted by molar-refractivity contribution is 0.0666. The van der Waals surface area contributed by atoms with E-state index in [0.717, 1.165) is 28.9 Å². The van der Waals surface area contributed by atoms with Crippen LogP contribution < -0.4 is 4.74 Å². The van der Waals surface area contributed by atoms with Gasteiger partial charge in [-0.3, -0.25) is 9.69 Å². The number of likely N-dealkylation sites (N-methyl/N-ethyl adjacent to an activating group) is 1. The molecule has 2 rings (SSSR count). The maximum atomic E-state index is 13.6. The van der Waals surface area contributed by atoms with E-state index in [1.165, 1.54) is 5.56 Å². The molecule has 0 aliphatic rings. The molecule has 0 amide bonds. The van der Waals surface area contributed by atoms with Crippen LogP contribution in [0.2, 0.25) is 0 Å². The zero-order valence-electron chi connectivity index (χ0n) is 16.2. The molecule has 25 heavy (non-hydrogen) atoms. The zero-order valence-corrected chi connectivity index (χ0v) is 16.2. The van der Waals surface area contributed by atoms with Crippen molar-refractivity contribution in [1.82, 2.24) is 4.90 Å². The number of rotatable bonds is 7. The van der Waals surface area contributed by atoms with Crippen molar-refractivity contribution in [3.8, 4) is 5.75 Å². The van der Waals surface area contributed by atoms with E-state index in [1.807, 2.05) is 58.3 Å². The molecule has 0 heterocycles. The standard InChI is InChI=1S/C22H29NO2/c1-7-22(23(4)5,15-18-11-9-8-10-12-18)21(24)19-13-16(2)20(25-6)17(3)14-19/h8-14H,7,15H2,1-6H3. The van der Waals surface area contributed by atoms with Gasteiger partial charge >= 0.3 is 0 Å². The lowest BCUT2D eigenvalue weighted by atomic mass is 9.79. The zero-order chi connectivity index (χ0) is 18.6. The SMILES string of the molecule is CCC(Cc1ccccc1)(C(=O)c1cc(C)c(OC)c(C)c1)N(C)C. The molecular formula is C22H29NO2. The van der Waals surface area contributed by atoms with Crippen molar-refractivity contribution < 1.29 is 9.53 Å². The molecule has 0 aromatic heterocycles. The Morgan fingerprint density at radius 3 is 2.08 bits per heavy atom. The number of Topliss-reactive ketones (excluding diaryl/α,β-unsaturated/α-hetero) is 1. The Kier molecular flexibility index (Phi) is 6.02. The van der Waals surface area contributed by atoms with Crippen LogP contribution in [0.1, 0.15) is 40.4 Å². The molecule has 0 fully saturated rings. The quantitative estimate of drug-likeness (QED) is 0.698. The Hall–Kier alpha value is -2.13. The van der Waals surface area contributed by atoms with Crippen molar-refractivity contribution >= 4 is 5.78 Å². The van der Waals surface area contributed by atoms with E-state index < -0.39 is 5.54 Å². The summed E-state index contributed by atoms with van der Waals surface area (Å²) in [5, 5.41) is 0. The van der Waals surface area contributed by atoms with Gasteiger partial charge < -0.3 is 4.74 Å². The molecule has 0 saturated carbocycles. The Balaban J connectivity index is 2.49. The second-order valence-corrected chi connectivity index (χ2v) is 6.91. The summed E-state index contributed by atoms with van der Waals surface area (Å²) in [5.74, 6) is 1.02. The van der Waals surface area contributed by atoms with Crippen LogP contribution in [0.5, 0.6) is 5.75 Å². The number of hydrogen-bond acceptors (Lipinski definition) is 3. The highest BCUT2D eigenvalue weighted by Gasteiger charge is 2.39. The number of aryl methyl sites for hydroxylation is 2. The molecular weight excluding hydrogens is 310 g/mol. The highest BCUT2D eigenvalue weighted by molar-refractivity contribution is 6.04. The Labute approximate surface area is 151 Å². The fourth-order valence-corrected chi connectivity index (χ4v) is 3.65. The molecule has 3 nitrogen and oxygen atoms in total. The van der Waals surface area contributed by atoms with Crippen molar-refractivity contribution in [3.05, 3.63) is 64.7 Å². The van der Waals surface area contributed by atoms with Crippen LogP contribution in [0.3, 0.4) is 0 Å². The molecule has 0 radical (unpaired) electrons. The number of ether oxygens (including phenoxy) is 1. The van der Waals surface area contributed by atoms with Crippen molar-refractivity contribution in [3.63, 3.8) is 0 Å². The number of ketones is 1. The third kappa shape index (κ3) is 3.77. The van der Waals surface area contributed by atoms with E-state index in [9.17, 15) is 4.79 Å². The molecule has 0 N–H and O–H groups in total. The topological polar surface area (TPSA) is 29.5 Å². The van der Waals surface area contributed by atoms with Gasteiger partial charge in [0.15, 0.2) is 5.78 Å². The van der Waals surface area contributed by atoms with Crippen molar-refractivity contribution in [1.29, 1.82) is 0 Å². The van der Waals surface area contributed by atoms with Gasteiger partial charge in [0.2, 0.25) is 0 Å². The third-order valence-electron chi connectivity index (χ3n) is 5.13. The van der Waals surface area contributed by atoms with Crippen LogP contribution in [0, 0.1) is 13.8 Å². The average molecular weight is 339 g/mol. The number of benzene rings is 2. The first-order valence-electron chi connectivity index (χ1n) is 8.77. The average Bonchev–Trinajstić information content (AvgIpc) is 2.59. The minimum Gasteiger partial charge on any atom is -0.496 e. The van der Waals surface area contributed by atoms with Crippen molar-refractivity contribution in [2.45, 2.75) is 39.2 Å². The Bertz CT molecular complexity index is 714. The maximum Gasteiger partial charge on any atom is 0.183 e. The van der Waals surface area contributed by atoms with Gasteiger partial charge in [-0.25, -0.2) is 0 Å². The molecule has 2 aromatic carbocycles. The monoisotopic (exact) mass is 339 g/mol. The maximum absolute atomic E-state index is 13.6. The van der Waals surface area contributed by atoms with Gasteiger partial charge in [0.25, 0.3) is 0 Å². The fourth-order valence-electron chi connectivity index (χ4n) is 3.65. The van der Waals surface area contributed by atoms with Gasteiger partial charge in [-0.2, -0.15) is 0 Å². The van der Waals surface area contributed by atoms with Crippen LogP contribution in [0.25, 0.3) is 0 Å². The fraction of sp³-hybridized carbons (Fsp3) is 0.409. The summed E-state index contributed by atoms with van der Waals surface area (Å²) < 4.78 is 5.44. The number of carbonyl (C=O) groups excluding carboxylic acids is 1. The van der Waals surface area contributed by atoms with Gasteiger partial charge in [0, 0.05) is 5.56 Å². The highest BCUT2D eigenvalue weighted by atomic mass is 16.5. The summed E-state index contributed by atoms with van der Waals surface area (Å²) >= 11 is 0. The van der Waals surface area contributed by atoms with E-state index in [1.54, 1.807) is 7.11 Å². The summed E-state index contributed by atoms with van der Waals surface area (Å²) in [6, 6.07) is 14.1. The number of hydrogen-bond donors (Lipinski definition) is 0. The highest BCUT2D eigenvalue weighted by Crippen LogP contribution is 2.31. The predicted molar refractivity (Wildman–Crippen MR) is 104 cm³/mol. The lowest BCUT2D eigenvalue weighted by Crippen LogP contribution is -2.52. The van der Waals surface area contributed by atoms with Gasteiger partial charge in [0.05, 0.1) is 12.6 Å². The normalized spacial score (nSPS) is 13.6. The summed E-state index contributed by atoms with van der Waals surface area (Å²) in [5.41, 5.74) is 3.36. The van der Waals surface area contributed by atoms with Crippen LogP contribution in [0.4, 0.5) is 0 Å². The first-order chi connectivity index (χ1) is 11.9. The van der Waals surface area contributed by atoms with Crippen LogP contribution in [0.15, 0.2) is 42.5 Å². The number of nitrogens with zero attached hydrogens (tertiary/aromatic N) is 1. The second-order valence-electron chi connectivity index (χ2n) is 6.91. The van der Waals surface area contributed by atoms with Crippen LogP contribution >= 0.6 is 0 Å². The van der Waals surface area contributed by atoms with E-state index >= 15 is 0 Å². The Morgan fingerprint density at radius 2 is 1.64 bits per heavy atom. The Morgan fingerprint density at radius 1 is 1.08 bits per heavy atom. The van der Waals surface area contributed by atoms with E-state index in [2.05, 4.69) is 24.0 Å². The van der Waals surface area contributed by atoms with Crippen LogP contribution in [-0.2, 0) is 6.42 Å². The number of carbonyl (C=O) groups is 1. The number of methoxy groups -OCH3 is 1. The second kappa shape index (κ2) is 7.83. The molecule has 0 bridgehead atoms.